The molecule has 2 N–H and O–H groups in total. The summed E-state index contributed by atoms with van der Waals surface area (Å²) in [5.41, 5.74) is 6.07. The van der Waals surface area contributed by atoms with E-state index >= 15 is 0 Å². The van der Waals surface area contributed by atoms with Gasteiger partial charge >= 0.3 is 6.18 Å². The largest absolute Gasteiger partial charge is 0.416 e. The van der Waals surface area contributed by atoms with Crippen LogP contribution < -0.4 is 5.73 Å². The standard InChI is InChI=1S/C15H13BrF3NS/c16-11-4-3-9(15(17,18)19)7-10(11)12-5-6-13(21-12)14(20)8-1-2-8/h3-8,14H,1-2,20H2. The molecule has 1 nitrogen and oxygen atoms in total. The Balaban J connectivity index is 1.96. The van der Waals surface area contributed by atoms with Gasteiger partial charge in [-0.1, -0.05) is 15.9 Å². The molecule has 1 aromatic heterocycles. The van der Waals surface area contributed by atoms with Crippen LogP contribution in [0.5, 0.6) is 0 Å². The van der Waals surface area contributed by atoms with E-state index in [1.807, 2.05) is 12.1 Å². The van der Waals surface area contributed by atoms with Crippen LogP contribution in [0.2, 0.25) is 0 Å². The number of rotatable bonds is 3. The lowest BCUT2D eigenvalue weighted by atomic mass is 10.1. The summed E-state index contributed by atoms with van der Waals surface area (Å²) in [4.78, 5) is 1.84. The van der Waals surface area contributed by atoms with Gasteiger partial charge in [0.15, 0.2) is 0 Å². The highest BCUT2D eigenvalue weighted by molar-refractivity contribution is 9.10. The first-order valence-corrected chi connectivity index (χ1v) is 8.19. The fourth-order valence-corrected chi connectivity index (χ4v) is 3.98. The van der Waals surface area contributed by atoms with Crippen molar-refractivity contribution in [1.29, 1.82) is 0 Å². The topological polar surface area (TPSA) is 26.0 Å². The molecule has 0 amide bonds. The van der Waals surface area contributed by atoms with E-state index in [0.29, 0.717) is 16.0 Å². The van der Waals surface area contributed by atoms with E-state index in [1.165, 1.54) is 23.5 Å². The highest BCUT2D eigenvalue weighted by Gasteiger charge is 2.32. The minimum Gasteiger partial charge on any atom is -0.323 e. The van der Waals surface area contributed by atoms with Crippen molar-refractivity contribution in [2.45, 2.75) is 25.1 Å². The van der Waals surface area contributed by atoms with E-state index in [0.717, 1.165) is 28.7 Å². The molecule has 0 aliphatic heterocycles. The Labute approximate surface area is 133 Å². The quantitative estimate of drug-likeness (QED) is 0.741. The molecular weight excluding hydrogens is 363 g/mol. The summed E-state index contributed by atoms with van der Waals surface area (Å²) in [6.45, 7) is 0. The van der Waals surface area contributed by atoms with Crippen LogP contribution >= 0.6 is 27.3 Å². The van der Waals surface area contributed by atoms with Gasteiger partial charge in [-0.3, -0.25) is 0 Å². The lowest BCUT2D eigenvalue weighted by Gasteiger charge is -2.10. The molecule has 1 saturated carbocycles. The van der Waals surface area contributed by atoms with Gasteiger partial charge in [0.25, 0.3) is 0 Å². The summed E-state index contributed by atoms with van der Waals surface area (Å²) in [5, 5.41) is 0. The third kappa shape index (κ3) is 3.17. The van der Waals surface area contributed by atoms with Crippen LogP contribution in [0.15, 0.2) is 34.8 Å². The molecule has 112 valence electrons. The second kappa shape index (κ2) is 5.41. The normalized spacial score (nSPS) is 17.0. The maximum absolute atomic E-state index is 12.8. The summed E-state index contributed by atoms with van der Waals surface area (Å²) in [6.07, 6.45) is -2.05. The zero-order valence-electron chi connectivity index (χ0n) is 11.0. The van der Waals surface area contributed by atoms with Crippen molar-refractivity contribution >= 4 is 27.3 Å². The van der Waals surface area contributed by atoms with E-state index in [9.17, 15) is 13.2 Å². The summed E-state index contributed by atoms with van der Waals surface area (Å²) in [5.74, 6) is 0.529. The second-order valence-electron chi connectivity index (χ2n) is 5.26. The minimum absolute atomic E-state index is 0.00771. The van der Waals surface area contributed by atoms with Gasteiger partial charge in [0, 0.05) is 25.8 Å². The highest BCUT2D eigenvalue weighted by Crippen LogP contribution is 2.44. The predicted octanol–water partition coefficient (Wildman–Crippen LogP) is 5.61. The van der Waals surface area contributed by atoms with Gasteiger partial charge in [-0.25, -0.2) is 0 Å². The molecule has 1 fully saturated rings. The van der Waals surface area contributed by atoms with Crippen LogP contribution in [0.25, 0.3) is 10.4 Å². The van der Waals surface area contributed by atoms with Crippen LogP contribution in [-0.2, 0) is 6.18 Å². The minimum atomic E-state index is -4.33. The Kier molecular flexibility index (Phi) is 3.88. The number of halogens is 4. The molecule has 0 radical (unpaired) electrons. The van der Waals surface area contributed by atoms with Gasteiger partial charge in [-0.2, -0.15) is 13.2 Å². The van der Waals surface area contributed by atoms with Crippen LogP contribution in [0.4, 0.5) is 13.2 Å². The molecule has 0 saturated heterocycles. The van der Waals surface area contributed by atoms with Crippen LogP contribution in [0.1, 0.15) is 29.3 Å². The maximum atomic E-state index is 12.8. The van der Waals surface area contributed by atoms with E-state index in [2.05, 4.69) is 15.9 Å². The molecule has 1 aromatic carbocycles. The van der Waals surface area contributed by atoms with Gasteiger partial charge in [-0.15, -0.1) is 11.3 Å². The summed E-state index contributed by atoms with van der Waals surface area (Å²) >= 11 is 4.80. The number of hydrogen-bond acceptors (Lipinski definition) is 2. The van der Waals surface area contributed by atoms with Crippen molar-refractivity contribution in [3.05, 3.63) is 45.2 Å². The molecule has 2 aromatic rings. The zero-order chi connectivity index (χ0) is 15.2. The van der Waals surface area contributed by atoms with E-state index < -0.39 is 11.7 Å². The molecule has 3 rings (SSSR count). The Morgan fingerprint density at radius 2 is 1.90 bits per heavy atom. The average molecular weight is 376 g/mol. The SMILES string of the molecule is NC(c1ccc(-c2cc(C(F)(F)F)ccc2Br)s1)C1CC1. The fraction of sp³-hybridized carbons (Fsp3) is 0.333. The van der Waals surface area contributed by atoms with Gasteiger partial charge in [0.1, 0.15) is 0 Å². The van der Waals surface area contributed by atoms with Crippen molar-refractivity contribution in [2.24, 2.45) is 11.7 Å². The molecule has 21 heavy (non-hydrogen) atoms. The first-order valence-electron chi connectivity index (χ1n) is 6.58. The van der Waals surface area contributed by atoms with Crippen molar-refractivity contribution in [3.8, 4) is 10.4 Å². The molecule has 1 unspecified atom stereocenters. The first kappa shape index (κ1) is 15.1. The third-order valence-electron chi connectivity index (χ3n) is 3.64. The summed E-state index contributed by atoms with van der Waals surface area (Å²) < 4.78 is 39.1. The van der Waals surface area contributed by atoms with Crippen molar-refractivity contribution in [1.82, 2.24) is 0 Å². The Morgan fingerprint density at radius 1 is 1.19 bits per heavy atom. The van der Waals surface area contributed by atoms with E-state index in [4.69, 9.17) is 5.73 Å². The molecular formula is C15H13BrF3NS. The number of alkyl halides is 3. The summed E-state index contributed by atoms with van der Waals surface area (Å²) in [7, 11) is 0. The number of benzene rings is 1. The van der Waals surface area contributed by atoms with Crippen LogP contribution in [0, 0.1) is 5.92 Å². The number of thiophene rings is 1. The molecule has 0 spiro atoms. The smallest absolute Gasteiger partial charge is 0.323 e. The Bertz CT molecular complexity index is 661. The monoisotopic (exact) mass is 375 g/mol. The lowest BCUT2D eigenvalue weighted by Crippen LogP contribution is -2.10. The molecule has 1 atom stereocenters. The lowest BCUT2D eigenvalue weighted by molar-refractivity contribution is -0.137. The summed E-state index contributed by atoms with van der Waals surface area (Å²) in [6, 6.07) is 7.49. The van der Waals surface area contributed by atoms with Gasteiger partial charge in [0.2, 0.25) is 0 Å². The first-order chi connectivity index (χ1) is 9.86. The van der Waals surface area contributed by atoms with Gasteiger partial charge < -0.3 is 5.73 Å². The maximum Gasteiger partial charge on any atom is 0.416 e. The Morgan fingerprint density at radius 3 is 2.52 bits per heavy atom. The van der Waals surface area contributed by atoms with Crippen LogP contribution in [-0.4, -0.2) is 0 Å². The molecule has 1 aliphatic rings. The predicted molar refractivity (Wildman–Crippen MR) is 82.1 cm³/mol. The second-order valence-corrected chi connectivity index (χ2v) is 7.23. The number of hydrogen-bond donors (Lipinski definition) is 1. The number of nitrogens with two attached hydrogens (primary N) is 1. The Hall–Kier alpha value is -0.850. The van der Waals surface area contributed by atoms with Gasteiger partial charge in [-0.05, 0) is 49.1 Å². The van der Waals surface area contributed by atoms with Crippen LogP contribution in [0.3, 0.4) is 0 Å². The average Bonchev–Trinajstić information content (AvgIpc) is 3.15. The van der Waals surface area contributed by atoms with Crippen molar-refractivity contribution in [3.63, 3.8) is 0 Å². The molecule has 1 heterocycles. The molecule has 1 aliphatic carbocycles. The zero-order valence-corrected chi connectivity index (χ0v) is 13.4. The van der Waals surface area contributed by atoms with Crippen molar-refractivity contribution < 1.29 is 13.2 Å². The van der Waals surface area contributed by atoms with E-state index in [-0.39, 0.29) is 6.04 Å². The highest BCUT2D eigenvalue weighted by atomic mass is 79.9. The molecule has 0 bridgehead atoms. The van der Waals surface area contributed by atoms with E-state index in [1.54, 1.807) is 0 Å². The fourth-order valence-electron chi connectivity index (χ4n) is 2.25. The molecule has 6 heteroatoms. The third-order valence-corrected chi connectivity index (χ3v) is 5.56. The van der Waals surface area contributed by atoms with Gasteiger partial charge in [0.05, 0.1) is 5.56 Å². The van der Waals surface area contributed by atoms with Crippen molar-refractivity contribution in [2.75, 3.05) is 0 Å².